The molecule has 1 aromatic rings. The maximum absolute atomic E-state index is 12.8. The Morgan fingerprint density at radius 3 is 2.52 bits per heavy atom. The number of aromatic amines is 1. The number of nitrogens with one attached hydrogen (secondary N) is 4. The molecule has 0 fully saturated rings. The van der Waals surface area contributed by atoms with Crippen molar-refractivity contribution in [3.63, 3.8) is 0 Å². The number of H-pyrrole nitrogens is 1. The molecule has 0 aliphatic carbocycles. The van der Waals surface area contributed by atoms with E-state index in [0.717, 1.165) is 5.75 Å². The third-order valence-electron chi connectivity index (χ3n) is 4.80. The first kappa shape index (κ1) is 26.4. The van der Waals surface area contributed by atoms with Crippen molar-refractivity contribution in [1.29, 1.82) is 0 Å². The summed E-state index contributed by atoms with van der Waals surface area (Å²) in [5, 5.41) is 17.0. The van der Waals surface area contributed by atoms with Crippen LogP contribution in [-0.2, 0) is 25.6 Å². The first-order valence-corrected chi connectivity index (χ1v) is 11.4. The molecule has 4 atom stereocenters. The second kappa shape index (κ2) is 13.7. The molecular formula is C19H32N6O5S. The molecule has 7 N–H and O–H groups in total. The molecule has 0 saturated carbocycles. The Balaban J connectivity index is 2.69. The Morgan fingerprint density at radius 2 is 1.97 bits per heavy atom. The summed E-state index contributed by atoms with van der Waals surface area (Å²) in [5.74, 6) is -2.36. The van der Waals surface area contributed by atoms with Crippen LogP contribution < -0.4 is 21.7 Å². The van der Waals surface area contributed by atoms with Gasteiger partial charge in [-0.1, -0.05) is 20.3 Å². The van der Waals surface area contributed by atoms with E-state index in [9.17, 15) is 24.3 Å². The van der Waals surface area contributed by atoms with Crippen molar-refractivity contribution in [2.24, 2.45) is 11.7 Å². The number of thioether (sulfide) groups is 1. The standard InChI is InChI=1S/C19H32N6O5S/c1-4-11(2)16(25-15(26)9-22-17(27)13(20)5-6-31-3)18(28)24-14(19(29)30)7-12-8-21-10-23-12/h8,10-11,13-14,16H,4-7,9,20H2,1-3H3,(H,21,23)(H,22,27)(H,24,28)(H,25,26)(H,29,30). The smallest absolute Gasteiger partial charge is 0.326 e. The van der Waals surface area contributed by atoms with Crippen LogP contribution in [0.1, 0.15) is 32.4 Å². The van der Waals surface area contributed by atoms with Crippen LogP contribution in [0.4, 0.5) is 0 Å². The Morgan fingerprint density at radius 1 is 1.26 bits per heavy atom. The summed E-state index contributed by atoms with van der Waals surface area (Å²) >= 11 is 1.57. The van der Waals surface area contributed by atoms with Gasteiger partial charge in [0.25, 0.3) is 0 Å². The number of carbonyl (C=O) groups excluding carboxylic acids is 3. The van der Waals surface area contributed by atoms with Crippen LogP contribution in [0.2, 0.25) is 0 Å². The molecule has 12 heteroatoms. The van der Waals surface area contributed by atoms with E-state index in [0.29, 0.717) is 18.5 Å². The number of nitrogens with two attached hydrogens (primary N) is 1. The second-order valence-electron chi connectivity index (χ2n) is 7.22. The van der Waals surface area contributed by atoms with E-state index in [4.69, 9.17) is 5.73 Å². The van der Waals surface area contributed by atoms with Gasteiger partial charge in [0.05, 0.1) is 18.9 Å². The zero-order chi connectivity index (χ0) is 23.4. The molecule has 4 unspecified atom stereocenters. The van der Waals surface area contributed by atoms with Gasteiger partial charge in [0.1, 0.15) is 12.1 Å². The summed E-state index contributed by atoms with van der Waals surface area (Å²) in [6.45, 7) is 3.29. The summed E-state index contributed by atoms with van der Waals surface area (Å²) in [6, 6.07) is -2.86. The second-order valence-corrected chi connectivity index (χ2v) is 8.20. The van der Waals surface area contributed by atoms with Crippen LogP contribution in [0, 0.1) is 5.92 Å². The Kier molecular flexibility index (Phi) is 11.6. The number of carboxylic acid groups (broad SMARTS) is 1. The van der Waals surface area contributed by atoms with E-state index >= 15 is 0 Å². The number of carboxylic acids is 1. The third kappa shape index (κ3) is 9.39. The van der Waals surface area contributed by atoms with Crippen molar-refractivity contribution in [1.82, 2.24) is 25.9 Å². The molecule has 11 nitrogen and oxygen atoms in total. The highest BCUT2D eigenvalue weighted by Crippen LogP contribution is 2.09. The Hall–Kier alpha value is -2.60. The lowest BCUT2D eigenvalue weighted by atomic mass is 9.97. The van der Waals surface area contributed by atoms with Gasteiger partial charge >= 0.3 is 5.97 Å². The summed E-state index contributed by atoms with van der Waals surface area (Å²) in [5.41, 5.74) is 6.32. The summed E-state index contributed by atoms with van der Waals surface area (Å²) in [6.07, 6.45) is 5.87. The van der Waals surface area contributed by atoms with Gasteiger partial charge in [0.2, 0.25) is 17.7 Å². The summed E-state index contributed by atoms with van der Waals surface area (Å²) in [7, 11) is 0. The lowest BCUT2D eigenvalue weighted by Gasteiger charge is -2.25. The molecule has 31 heavy (non-hydrogen) atoms. The van der Waals surface area contributed by atoms with E-state index in [1.165, 1.54) is 12.5 Å². The van der Waals surface area contributed by atoms with Crippen LogP contribution in [0.15, 0.2) is 12.5 Å². The van der Waals surface area contributed by atoms with E-state index in [1.807, 2.05) is 13.2 Å². The zero-order valence-electron chi connectivity index (χ0n) is 18.0. The average molecular weight is 457 g/mol. The van der Waals surface area contributed by atoms with Crippen molar-refractivity contribution in [3.05, 3.63) is 18.2 Å². The van der Waals surface area contributed by atoms with Gasteiger partial charge in [-0.2, -0.15) is 11.8 Å². The predicted molar refractivity (Wildman–Crippen MR) is 117 cm³/mol. The van der Waals surface area contributed by atoms with E-state index in [1.54, 1.807) is 18.7 Å². The molecular weight excluding hydrogens is 424 g/mol. The molecule has 0 aliphatic heterocycles. The third-order valence-corrected chi connectivity index (χ3v) is 5.44. The number of hydrogen-bond acceptors (Lipinski definition) is 7. The summed E-state index contributed by atoms with van der Waals surface area (Å²) in [4.78, 5) is 55.2. The fraction of sp³-hybridized carbons (Fsp3) is 0.632. The van der Waals surface area contributed by atoms with Gasteiger partial charge in [-0.05, 0) is 24.3 Å². The van der Waals surface area contributed by atoms with Crippen molar-refractivity contribution in [2.75, 3.05) is 18.6 Å². The normalized spacial score (nSPS) is 14.7. The van der Waals surface area contributed by atoms with Gasteiger partial charge in [0.15, 0.2) is 0 Å². The van der Waals surface area contributed by atoms with Crippen molar-refractivity contribution in [3.8, 4) is 0 Å². The van der Waals surface area contributed by atoms with Crippen LogP contribution >= 0.6 is 11.8 Å². The number of hydrogen-bond donors (Lipinski definition) is 6. The predicted octanol–water partition coefficient (Wildman–Crippen LogP) is -0.751. The van der Waals surface area contributed by atoms with Crippen LogP contribution in [0.3, 0.4) is 0 Å². The maximum Gasteiger partial charge on any atom is 0.326 e. The Bertz CT molecular complexity index is 729. The fourth-order valence-corrected chi connectivity index (χ4v) is 3.17. The van der Waals surface area contributed by atoms with E-state index in [-0.39, 0.29) is 18.9 Å². The number of aliphatic carboxylic acids is 1. The van der Waals surface area contributed by atoms with Crippen molar-refractivity contribution in [2.45, 2.75) is 51.2 Å². The van der Waals surface area contributed by atoms with Gasteiger partial charge in [0, 0.05) is 18.3 Å². The van der Waals surface area contributed by atoms with Gasteiger partial charge in [-0.25, -0.2) is 9.78 Å². The minimum Gasteiger partial charge on any atom is -0.480 e. The SMILES string of the molecule is CCC(C)C(NC(=O)CNC(=O)C(N)CCSC)C(=O)NC(Cc1cnc[nH]1)C(=O)O. The van der Waals surface area contributed by atoms with Crippen molar-refractivity contribution >= 4 is 35.5 Å². The van der Waals surface area contributed by atoms with Gasteiger partial charge in [-0.15, -0.1) is 0 Å². The first-order valence-electron chi connectivity index (χ1n) is 10.0. The fourth-order valence-electron chi connectivity index (χ4n) is 2.68. The molecule has 0 spiro atoms. The monoisotopic (exact) mass is 456 g/mol. The van der Waals surface area contributed by atoms with Crippen LogP contribution in [-0.4, -0.2) is 75.4 Å². The lowest BCUT2D eigenvalue weighted by molar-refractivity contribution is -0.142. The molecule has 0 bridgehead atoms. The molecule has 1 heterocycles. The maximum atomic E-state index is 12.8. The molecule has 0 aliphatic rings. The number of imidazole rings is 1. The van der Waals surface area contributed by atoms with E-state index in [2.05, 4.69) is 25.9 Å². The summed E-state index contributed by atoms with van der Waals surface area (Å²) < 4.78 is 0. The Labute approximate surface area is 185 Å². The van der Waals surface area contributed by atoms with Gasteiger partial charge < -0.3 is 31.8 Å². The average Bonchev–Trinajstić information content (AvgIpc) is 3.25. The van der Waals surface area contributed by atoms with Crippen molar-refractivity contribution < 1.29 is 24.3 Å². The molecule has 1 aromatic heterocycles. The number of carbonyl (C=O) groups is 4. The minimum atomic E-state index is -1.20. The zero-order valence-corrected chi connectivity index (χ0v) is 18.8. The lowest BCUT2D eigenvalue weighted by Crippen LogP contribution is -2.56. The highest BCUT2D eigenvalue weighted by atomic mass is 32.2. The minimum absolute atomic E-state index is 0.0201. The first-order chi connectivity index (χ1) is 14.7. The van der Waals surface area contributed by atoms with E-state index < -0.39 is 41.8 Å². The highest BCUT2D eigenvalue weighted by molar-refractivity contribution is 7.98. The largest absolute Gasteiger partial charge is 0.480 e. The molecule has 0 saturated heterocycles. The molecule has 0 radical (unpaired) electrons. The quantitative estimate of drug-likeness (QED) is 0.211. The molecule has 174 valence electrons. The number of nitrogens with zero attached hydrogens (tertiary/aromatic N) is 1. The number of aromatic nitrogens is 2. The molecule has 1 rings (SSSR count). The number of amides is 3. The topological polar surface area (TPSA) is 179 Å². The highest BCUT2D eigenvalue weighted by Gasteiger charge is 2.30. The van der Waals surface area contributed by atoms with Crippen LogP contribution in [0.25, 0.3) is 0 Å². The number of rotatable bonds is 14. The molecule has 0 aromatic carbocycles. The van der Waals surface area contributed by atoms with Crippen LogP contribution in [0.5, 0.6) is 0 Å². The van der Waals surface area contributed by atoms with Gasteiger partial charge in [-0.3, -0.25) is 14.4 Å². The molecule has 3 amide bonds.